The molecular formula is C22H14N2O10. The average Bonchev–Trinajstić information content (AvgIpc) is 2.82. The van der Waals surface area contributed by atoms with E-state index in [0.29, 0.717) is 6.08 Å². The molecule has 0 aliphatic heterocycles. The van der Waals surface area contributed by atoms with Crippen LogP contribution in [0.1, 0.15) is 34.1 Å². The molecule has 1 aliphatic rings. The fourth-order valence-electron chi connectivity index (χ4n) is 3.07. The van der Waals surface area contributed by atoms with Crippen molar-refractivity contribution in [1.82, 2.24) is 0 Å². The normalized spacial score (nSPS) is 13.3. The zero-order valence-electron chi connectivity index (χ0n) is 17.4. The van der Waals surface area contributed by atoms with Crippen LogP contribution in [0.15, 0.2) is 71.7 Å². The van der Waals surface area contributed by atoms with Crippen molar-refractivity contribution in [3.63, 3.8) is 0 Å². The molecule has 172 valence electrons. The Labute approximate surface area is 190 Å². The molecule has 0 heterocycles. The summed E-state index contributed by atoms with van der Waals surface area (Å²) in [5.41, 5.74) is -2.31. The molecule has 0 saturated carbocycles. The third-order valence-corrected chi connectivity index (χ3v) is 4.65. The van der Waals surface area contributed by atoms with E-state index in [1.807, 2.05) is 0 Å². The van der Waals surface area contributed by atoms with E-state index in [1.54, 1.807) is 0 Å². The van der Waals surface area contributed by atoms with Gasteiger partial charge in [0.15, 0.2) is 11.5 Å². The fourth-order valence-corrected chi connectivity index (χ4v) is 3.07. The Bertz CT molecular complexity index is 1320. The maximum absolute atomic E-state index is 12.8. The molecule has 2 aromatic rings. The number of ether oxygens (including phenoxy) is 2. The topological polar surface area (TPSA) is 173 Å². The minimum absolute atomic E-state index is 0.121. The molecule has 0 amide bonds. The van der Waals surface area contributed by atoms with Crippen molar-refractivity contribution < 1.29 is 38.5 Å². The standard InChI is InChI=1S/C22H14N2O10/c1-2-12-19(26)18(33-21(27)13-7-3-5-9-15(13)23(29)30)11-17(25)20(12)34-22(28)14-8-4-6-10-16(14)24(31)32/h3-11H,2H2,1H3. The summed E-state index contributed by atoms with van der Waals surface area (Å²) in [7, 11) is 0. The van der Waals surface area contributed by atoms with Crippen LogP contribution in [0.5, 0.6) is 0 Å². The first-order chi connectivity index (χ1) is 16.1. The number of nitrogens with zero attached hydrogens (tertiary/aromatic N) is 2. The molecule has 1 aliphatic carbocycles. The Kier molecular flexibility index (Phi) is 6.71. The molecule has 0 N–H and O–H groups in total. The van der Waals surface area contributed by atoms with Crippen molar-refractivity contribution in [3.8, 4) is 0 Å². The van der Waals surface area contributed by atoms with E-state index < -0.39 is 67.4 Å². The molecule has 0 spiro atoms. The van der Waals surface area contributed by atoms with Crippen LogP contribution in [-0.4, -0.2) is 33.4 Å². The lowest BCUT2D eigenvalue weighted by Gasteiger charge is -2.17. The summed E-state index contributed by atoms with van der Waals surface area (Å²) >= 11 is 0. The molecule has 2 aromatic carbocycles. The summed E-state index contributed by atoms with van der Waals surface area (Å²) in [6.07, 6.45) is 0.487. The first-order valence-electron chi connectivity index (χ1n) is 9.60. The summed E-state index contributed by atoms with van der Waals surface area (Å²) < 4.78 is 9.99. The van der Waals surface area contributed by atoms with Crippen LogP contribution in [0, 0.1) is 20.2 Å². The number of carbonyl (C=O) groups excluding carboxylic acids is 4. The van der Waals surface area contributed by atoms with Gasteiger partial charge in [0.05, 0.1) is 15.4 Å². The summed E-state index contributed by atoms with van der Waals surface area (Å²) in [6.45, 7) is 1.46. The number of para-hydroxylation sites is 2. The van der Waals surface area contributed by atoms with Gasteiger partial charge in [-0.05, 0) is 18.6 Å². The first-order valence-corrected chi connectivity index (χ1v) is 9.60. The predicted octanol–water partition coefficient (Wildman–Crippen LogP) is 3.22. The van der Waals surface area contributed by atoms with Crippen LogP contribution in [-0.2, 0) is 19.1 Å². The van der Waals surface area contributed by atoms with Gasteiger partial charge in [-0.25, -0.2) is 9.59 Å². The van der Waals surface area contributed by atoms with Crippen molar-refractivity contribution in [1.29, 1.82) is 0 Å². The highest BCUT2D eigenvalue weighted by Crippen LogP contribution is 2.28. The number of Topliss-reactive ketones (excluding diaryl/α,β-unsaturated/α-hetero) is 1. The lowest BCUT2D eigenvalue weighted by Crippen LogP contribution is -2.25. The van der Waals surface area contributed by atoms with Gasteiger partial charge in [-0.1, -0.05) is 31.2 Å². The summed E-state index contributed by atoms with van der Waals surface area (Å²) in [4.78, 5) is 71.0. The molecule has 0 radical (unpaired) electrons. The van der Waals surface area contributed by atoms with Crippen molar-refractivity contribution in [2.75, 3.05) is 0 Å². The van der Waals surface area contributed by atoms with Crippen LogP contribution in [0.3, 0.4) is 0 Å². The number of benzene rings is 2. The number of hydrogen-bond donors (Lipinski definition) is 0. The van der Waals surface area contributed by atoms with E-state index >= 15 is 0 Å². The Balaban J connectivity index is 1.88. The third-order valence-electron chi connectivity index (χ3n) is 4.65. The molecule has 12 nitrogen and oxygen atoms in total. The van der Waals surface area contributed by atoms with E-state index in [4.69, 9.17) is 9.47 Å². The van der Waals surface area contributed by atoms with Crippen LogP contribution in [0.4, 0.5) is 11.4 Å². The van der Waals surface area contributed by atoms with Gasteiger partial charge in [0, 0.05) is 18.2 Å². The molecule has 0 aromatic heterocycles. The van der Waals surface area contributed by atoms with E-state index in [2.05, 4.69) is 0 Å². The van der Waals surface area contributed by atoms with Crippen LogP contribution < -0.4 is 0 Å². The highest BCUT2D eigenvalue weighted by atomic mass is 16.6. The largest absolute Gasteiger partial charge is 0.418 e. The van der Waals surface area contributed by atoms with E-state index in [1.165, 1.54) is 31.2 Å². The lowest BCUT2D eigenvalue weighted by atomic mass is 9.97. The van der Waals surface area contributed by atoms with Crippen LogP contribution >= 0.6 is 0 Å². The van der Waals surface area contributed by atoms with Gasteiger partial charge in [0.2, 0.25) is 11.6 Å². The number of allylic oxidation sites excluding steroid dienone is 2. The minimum Gasteiger partial charge on any atom is -0.418 e. The quantitative estimate of drug-likeness (QED) is 0.255. The monoisotopic (exact) mass is 466 g/mol. The second-order valence-electron chi connectivity index (χ2n) is 6.69. The number of carbonyl (C=O) groups is 4. The molecule has 12 heteroatoms. The highest BCUT2D eigenvalue weighted by Gasteiger charge is 2.35. The Morgan fingerprint density at radius 1 is 0.824 bits per heavy atom. The summed E-state index contributed by atoms with van der Waals surface area (Å²) in [6, 6.07) is 9.75. The third kappa shape index (κ3) is 4.60. The van der Waals surface area contributed by atoms with Crippen molar-refractivity contribution in [3.05, 3.63) is 103 Å². The molecule has 34 heavy (non-hydrogen) atoms. The Morgan fingerprint density at radius 3 is 1.76 bits per heavy atom. The molecular weight excluding hydrogens is 452 g/mol. The molecule has 0 atom stereocenters. The zero-order valence-corrected chi connectivity index (χ0v) is 17.4. The second kappa shape index (κ2) is 9.65. The Hall–Kier alpha value is -5.00. The average molecular weight is 466 g/mol. The van der Waals surface area contributed by atoms with Gasteiger partial charge in [-0.15, -0.1) is 0 Å². The fraction of sp³-hybridized carbons (Fsp3) is 0.0909. The van der Waals surface area contributed by atoms with Crippen molar-refractivity contribution in [2.24, 2.45) is 0 Å². The maximum atomic E-state index is 12.8. The number of nitro benzene ring substituents is 2. The number of ketones is 2. The second-order valence-corrected chi connectivity index (χ2v) is 6.69. The minimum atomic E-state index is -1.24. The first kappa shape index (κ1) is 23.7. The predicted molar refractivity (Wildman–Crippen MR) is 112 cm³/mol. The summed E-state index contributed by atoms with van der Waals surface area (Å²) in [5, 5.41) is 22.3. The molecule has 0 saturated heterocycles. The number of hydrogen-bond acceptors (Lipinski definition) is 10. The highest BCUT2D eigenvalue weighted by molar-refractivity contribution is 6.22. The zero-order chi connectivity index (χ0) is 25.0. The van der Waals surface area contributed by atoms with Crippen LogP contribution in [0.25, 0.3) is 0 Å². The van der Waals surface area contributed by atoms with E-state index in [0.717, 1.165) is 24.3 Å². The van der Waals surface area contributed by atoms with Gasteiger partial charge in [0.1, 0.15) is 11.1 Å². The van der Waals surface area contributed by atoms with E-state index in [9.17, 15) is 39.4 Å². The SMILES string of the molecule is CCC1=C(OC(=O)c2ccccc2[N+](=O)[O-])C(=O)C=C(OC(=O)c2ccccc2[N+](=O)[O-])C1=O. The van der Waals surface area contributed by atoms with Gasteiger partial charge in [-0.2, -0.15) is 0 Å². The van der Waals surface area contributed by atoms with Gasteiger partial charge in [0.25, 0.3) is 11.4 Å². The van der Waals surface area contributed by atoms with Gasteiger partial charge in [-0.3, -0.25) is 29.8 Å². The summed E-state index contributed by atoms with van der Waals surface area (Å²) in [5.74, 6) is -5.82. The number of nitro groups is 2. The van der Waals surface area contributed by atoms with Gasteiger partial charge < -0.3 is 9.47 Å². The molecule has 0 fully saturated rings. The smallest absolute Gasteiger partial charge is 0.350 e. The van der Waals surface area contributed by atoms with E-state index in [-0.39, 0.29) is 12.0 Å². The lowest BCUT2D eigenvalue weighted by molar-refractivity contribution is -0.385. The molecule has 3 rings (SSSR count). The van der Waals surface area contributed by atoms with Gasteiger partial charge >= 0.3 is 11.9 Å². The van der Waals surface area contributed by atoms with Crippen molar-refractivity contribution in [2.45, 2.75) is 13.3 Å². The van der Waals surface area contributed by atoms with Crippen LogP contribution in [0.2, 0.25) is 0 Å². The Morgan fingerprint density at radius 2 is 1.29 bits per heavy atom. The number of rotatable bonds is 7. The molecule has 0 bridgehead atoms. The number of esters is 2. The maximum Gasteiger partial charge on any atom is 0.350 e. The van der Waals surface area contributed by atoms with Crippen molar-refractivity contribution >= 4 is 34.9 Å². The molecule has 0 unspecified atom stereocenters.